The maximum Gasteiger partial charge on any atom is 0.128 e. The largest absolute Gasteiger partial charge is 0.352 e. The van der Waals surface area contributed by atoms with E-state index in [4.69, 9.17) is 5.41 Å². The molecule has 0 radical (unpaired) electrons. The topological polar surface area (TPSA) is 27.1 Å². The molecule has 17 heavy (non-hydrogen) atoms. The quantitative estimate of drug-likeness (QED) is 0.768. The molecular weight excluding hydrogens is 208 g/mol. The Bertz CT molecular complexity index is 396. The zero-order valence-corrected chi connectivity index (χ0v) is 10.9. The first kappa shape index (κ1) is 12.2. The van der Waals surface area contributed by atoms with E-state index in [9.17, 15) is 0 Å². The van der Waals surface area contributed by atoms with E-state index in [1.165, 1.54) is 24.8 Å². The van der Waals surface area contributed by atoms with Gasteiger partial charge in [0.1, 0.15) is 5.84 Å². The molecule has 0 saturated carbocycles. The fraction of sp³-hybridized carbons (Fsp3) is 0.533. The number of rotatable bonds is 5. The minimum absolute atomic E-state index is 0.713. The van der Waals surface area contributed by atoms with Crippen molar-refractivity contribution in [3.63, 3.8) is 0 Å². The number of benzene rings is 1. The van der Waals surface area contributed by atoms with Crippen molar-refractivity contribution in [3.8, 4) is 0 Å². The normalized spacial score (nSPS) is 14.5. The van der Waals surface area contributed by atoms with Crippen molar-refractivity contribution in [2.24, 2.45) is 5.92 Å². The van der Waals surface area contributed by atoms with Crippen molar-refractivity contribution in [2.75, 3.05) is 6.54 Å². The number of amidine groups is 1. The van der Waals surface area contributed by atoms with Gasteiger partial charge in [-0.3, -0.25) is 5.41 Å². The second kappa shape index (κ2) is 5.35. The van der Waals surface area contributed by atoms with Crippen molar-refractivity contribution < 1.29 is 0 Å². The molecular formula is C15H22N2. The van der Waals surface area contributed by atoms with Crippen LogP contribution in [0.4, 0.5) is 0 Å². The maximum atomic E-state index is 8.13. The zero-order chi connectivity index (χ0) is 12.3. The van der Waals surface area contributed by atoms with E-state index in [0.717, 1.165) is 24.6 Å². The van der Waals surface area contributed by atoms with Crippen LogP contribution in [0, 0.1) is 11.3 Å². The Morgan fingerprint density at radius 1 is 1.24 bits per heavy atom. The number of nitrogens with zero attached hydrogens (tertiary/aromatic N) is 1. The lowest BCUT2D eigenvalue weighted by Gasteiger charge is -2.17. The van der Waals surface area contributed by atoms with Gasteiger partial charge in [0.25, 0.3) is 0 Å². The molecule has 2 heteroatoms. The van der Waals surface area contributed by atoms with Crippen LogP contribution >= 0.6 is 0 Å². The van der Waals surface area contributed by atoms with Crippen LogP contribution in [0.5, 0.6) is 0 Å². The number of hydrogen-bond acceptors (Lipinski definition) is 1. The molecule has 0 amide bonds. The summed E-state index contributed by atoms with van der Waals surface area (Å²) in [6.45, 7) is 6.50. The molecule has 0 bridgehead atoms. The van der Waals surface area contributed by atoms with Gasteiger partial charge in [-0.1, -0.05) is 51.0 Å². The summed E-state index contributed by atoms with van der Waals surface area (Å²) in [5.74, 6) is 1.51. The predicted molar refractivity (Wildman–Crippen MR) is 72.4 cm³/mol. The standard InChI is InChI=1S/C15H22N2/c1-12(2)7-5-6-10-17-11-13-8-3-4-9-14(13)15(17)16/h3-4,8-9,12,16H,5-7,10-11H2,1-2H3. The number of fused-ring (bicyclic) bond motifs is 1. The Hall–Kier alpha value is -1.31. The van der Waals surface area contributed by atoms with E-state index in [1.807, 2.05) is 6.07 Å². The molecule has 1 N–H and O–H groups in total. The molecule has 1 aliphatic heterocycles. The Balaban J connectivity index is 1.84. The lowest BCUT2D eigenvalue weighted by Crippen LogP contribution is -2.25. The van der Waals surface area contributed by atoms with E-state index >= 15 is 0 Å². The fourth-order valence-electron chi connectivity index (χ4n) is 2.39. The molecule has 0 aliphatic carbocycles. The molecule has 2 nitrogen and oxygen atoms in total. The van der Waals surface area contributed by atoms with Crippen molar-refractivity contribution in [3.05, 3.63) is 35.4 Å². The van der Waals surface area contributed by atoms with E-state index in [2.05, 4.69) is 36.9 Å². The SMILES string of the molecule is CC(C)CCCCN1Cc2ccccc2C1=N. The van der Waals surface area contributed by atoms with E-state index in [-0.39, 0.29) is 0 Å². The van der Waals surface area contributed by atoms with Gasteiger partial charge in [-0.2, -0.15) is 0 Å². The number of nitrogens with one attached hydrogen (secondary N) is 1. The van der Waals surface area contributed by atoms with Gasteiger partial charge in [0.15, 0.2) is 0 Å². The van der Waals surface area contributed by atoms with Gasteiger partial charge in [0.2, 0.25) is 0 Å². The first-order valence-corrected chi connectivity index (χ1v) is 6.60. The molecule has 1 aliphatic rings. The Kier molecular flexibility index (Phi) is 3.82. The summed E-state index contributed by atoms with van der Waals surface area (Å²) in [5, 5.41) is 8.13. The number of hydrogen-bond donors (Lipinski definition) is 1. The molecule has 1 heterocycles. The van der Waals surface area contributed by atoms with Crippen LogP contribution in [-0.4, -0.2) is 17.3 Å². The average molecular weight is 230 g/mol. The lowest BCUT2D eigenvalue weighted by molar-refractivity contribution is 0.399. The van der Waals surface area contributed by atoms with E-state index in [1.54, 1.807) is 0 Å². The third-order valence-corrected chi connectivity index (χ3v) is 3.41. The van der Waals surface area contributed by atoms with Crippen LogP contribution in [0.2, 0.25) is 0 Å². The minimum atomic E-state index is 0.713. The van der Waals surface area contributed by atoms with Crippen LogP contribution in [0.3, 0.4) is 0 Å². The van der Waals surface area contributed by atoms with Crippen molar-refractivity contribution in [1.29, 1.82) is 5.41 Å². The third-order valence-electron chi connectivity index (χ3n) is 3.41. The average Bonchev–Trinajstić information content (AvgIpc) is 2.63. The summed E-state index contributed by atoms with van der Waals surface area (Å²) < 4.78 is 0. The summed E-state index contributed by atoms with van der Waals surface area (Å²) >= 11 is 0. The van der Waals surface area contributed by atoms with Gasteiger partial charge in [0.05, 0.1) is 0 Å². The molecule has 0 aromatic heterocycles. The summed E-state index contributed by atoms with van der Waals surface area (Å²) in [6, 6.07) is 8.29. The summed E-state index contributed by atoms with van der Waals surface area (Å²) in [7, 11) is 0. The first-order valence-electron chi connectivity index (χ1n) is 6.60. The minimum Gasteiger partial charge on any atom is -0.352 e. The molecule has 0 atom stereocenters. The molecule has 0 fully saturated rings. The van der Waals surface area contributed by atoms with Gasteiger partial charge in [-0.25, -0.2) is 0 Å². The number of unbranched alkanes of at least 4 members (excludes halogenated alkanes) is 1. The molecule has 0 unspecified atom stereocenters. The molecule has 0 saturated heterocycles. The molecule has 0 spiro atoms. The van der Waals surface area contributed by atoms with Crippen LogP contribution in [0.25, 0.3) is 0 Å². The maximum absolute atomic E-state index is 8.13. The van der Waals surface area contributed by atoms with Gasteiger partial charge in [-0.05, 0) is 17.9 Å². The van der Waals surface area contributed by atoms with Gasteiger partial charge in [-0.15, -0.1) is 0 Å². The molecule has 1 aromatic carbocycles. The van der Waals surface area contributed by atoms with Crippen molar-refractivity contribution in [1.82, 2.24) is 4.90 Å². The van der Waals surface area contributed by atoms with Crippen LogP contribution in [-0.2, 0) is 6.54 Å². The summed E-state index contributed by atoms with van der Waals surface area (Å²) in [5.41, 5.74) is 2.43. The van der Waals surface area contributed by atoms with Crippen molar-refractivity contribution in [2.45, 2.75) is 39.7 Å². The Labute approximate surface area is 104 Å². The lowest BCUT2D eigenvalue weighted by atomic mass is 10.1. The van der Waals surface area contributed by atoms with Crippen LogP contribution in [0.1, 0.15) is 44.2 Å². The highest BCUT2D eigenvalue weighted by Gasteiger charge is 2.22. The summed E-state index contributed by atoms with van der Waals surface area (Å²) in [6.07, 6.45) is 3.78. The fourth-order valence-corrected chi connectivity index (χ4v) is 2.39. The van der Waals surface area contributed by atoms with Gasteiger partial charge >= 0.3 is 0 Å². The van der Waals surface area contributed by atoms with Crippen molar-refractivity contribution >= 4 is 5.84 Å². The first-order chi connectivity index (χ1) is 8.18. The van der Waals surface area contributed by atoms with Gasteiger partial charge in [0, 0.05) is 18.7 Å². The van der Waals surface area contributed by atoms with Gasteiger partial charge < -0.3 is 4.90 Å². The van der Waals surface area contributed by atoms with Crippen LogP contribution in [0.15, 0.2) is 24.3 Å². The predicted octanol–water partition coefficient (Wildman–Crippen LogP) is 3.65. The highest BCUT2D eigenvalue weighted by Crippen LogP contribution is 2.22. The molecule has 92 valence electrons. The highest BCUT2D eigenvalue weighted by molar-refractivity contribution is 6.00. The Morgan fingerprint density at radius 2 is 2.00 bits per heavy atom. The second-order valence-electron chi connectivity index (χ2n) is 5.32. The zero-order valence-electron chi connectivity index (χ0n) is 10.9. The van der Waals surface area contributed by atoms with Crippen LogP contribution < -0.4 is 0 Å². The summed E-state index contributed by atoms with van der Waals surface area (Å²) in [4.78, 5) is 2.20. The Morgan fingerprint density at radius 3 is 2.71 bits per heavy atom. The van der Waals surface area contributed by atoms with E-state index in [0.29, 0.717) is 5.84 Å². The third kappa shape index (κ3) is 2.87. The van der Waals surface area contributed by atoms with E-state index < -0.39 is 0 Å². The second-order valence-corrected chi connectivity index (χ2v) is 5.32. The highest BCUT2D eigenvalue weighted by atomic mass is 15.2. The molecule has 1 aromatic rings. The smallest absolute Gasteiger partial charge is 0.128 e. The monoisotopic (exact) mass is 230 g/mol. The molecule has 2 rings (SSSR count).